The van der Waals surface area contributed by atoms with Crippen molar-refractivity contribution in [2.75, 3.05) is 17.7 Å². The number of nitrogen functional groups attached to an aromatic ring is 1. The van der Waals surface area contributed by atoms with Crippen molar-refractivity contribution < 1.29 is 9.18 Å². The van der Waals surface area contributed by atoms with Gasteiger partial charge in [-0.1, -0.05) is 17.7 Å². The molecule has 0 aliphatic carbocycles. The molecule has 0 fully saturated rings. The Hall–Kier alpha value is -2.27. The summed E-state index contributed by atoms with van der Waals surface area (Å²) < 4.78 is 13.3. The number of nitrogens with zero attached hydrogens (tertiary/aromatic N) is 1. The Kier molecular flexibility index (Phi) is 3.81. The van der Waals surface area contributed by atoms with Crippen molar-refractivity contribution in [1.82, 2.24) is 0 Å². The van der Waals surface area contributed by atoms with Crippen LogP contribution in [0.5, 0.6) is 0 Å². The summed E-state index contributed by atoms with van der Waals surface area (Å²) in [6.07, 6.45) is 0. The number of carbonyl (C=O) groups is 1. The van der Waals surface area contributed by atoms with Crippen molar-refractivity contribution in [3.63, 3.8) is 0 Å². The van der Waals surface area contributed by atoms with Crippen molar-refractivity contribution >= 4 is 34.6 Å². The molecule has 6 heteroatoms. The maximum absolute atomic E-state index is 13.3. The fourth-order valence-electron chi connectivity index (χ4n) is 1.96. The van der Waals surface area contributed by atoms with Gasteiger partial charge in [-0.2, -0.15) is 0 Å². The second kappa shape index (κ2) is 5.38. The molecule has 0 bridgehead atoms. The quantitative estimate of drug-likeness (QED) is 0.855. The number of carbonyl (C=O) groups excluding carboxylic acids is 1. The molecule has 2 aromatic rings. The van der Waals surface area contributed by atoms with Crippen molar-refractivity contribution in [1.29, 1.82) is 0 Å². The predicted molar refractivity (Wildman–Crippen MR) is 78.8 cm³/mol. The molecule has 2 rings (SSSR count). The maximum Gasteiger partial charge on any atom is 0.250 e. The number of benzene rings is 2. The van der Waals surface area contributed by atoms with Crippen LogP contribution in [0.15, 0.2) is 36.4 Å². The second-order valence-electron chi connectivity index (χ2n) is 4.30. The van der Waals surface area contributed by atoms with E-state index in [0.717, 1.165) is 0 Å². The average molecular weight is 294 g/mol. The minimum atomic E-state index is -0.655. The highest BCUT2D eigenvalue weighted by Gasteiger charge is 2.18. The van der Waals surface area contributed by atoms with Gasteiger partial charge in [0.1, 0.15) is 5.82 Å². The minimum absolute atomic E-state index is 0.182. The van der Waals surface area contributed by atoms with Crippen LogP contribution in [0.1, 0.15) is 10.4 Å². The molecule has 0 aliphatic rings. The molecule has 0 aliphatic heterocycles. The number of primary amides is 1. The molecule has 0 heterocycles. The first-order valence-electron chi connectivity index (χ1n) is 5.78. The van der Waals surface area contributed by atoms with Gasteiger partial charge in [-0.25, -0.2) is 4.39 Å². The number of hydrogen-bond donors (Lipinski definition) is 2. The fraction of sp³-hybridized carbons (Fsp3) is 0.0714. The van der Waals surface area contributed by atoms with Crippen LogP contribution in [0.4, 0.5) is 21.5 Å². The van der Waals surface area contributed by atoms with Crippen molar-refractivity contribution in [3.8, 4) is 0 Å². The summed E-state index contributed by atoms with van der Waals surface area (Å²) in [6, 6.07) is 8.88. The molecule has 20 heavy (non-hydrogen) atoms. The monoisotopic (exact) mass is 293 g/mol. The van der Waals surface area contributed by atoms with Gasteiger partial charge in [0.05, 0.1) is 16.3 Å². The minimum Gasteiger partial charge on any atom is -0.399 e. The molecular weight excluding hydrogens is 281 g/mol. The lowest BCUT2D eigenvalue weighted by atomic mass is 10.1. The maximum atomic E-state index is 13.3. The van der Waals surface area contributed by atoms with Crippen molar-refractivity contribution in [2.24, 2.45) is 5.73 Å². The smallest absolute Gasteiger partial charge is 0.250 e. The third-order valence-electron chi connectivity index (χ3n) is 2.88. The number of nitrogens with two attached hydrogens (primary N) is 2. The second-order valence-corrected chi connectivity index (χ2v) is 4.71. The third kappa shape index (κ3) is 2.67. The van der Waals surface area contributed by atoms with Gasteiger partial charge in [0, 0.05) is 18.4 Å². The summed E-state index contributed by atoms with van der Waals surface area (Å²) in [5.74, 6) is -1.04. The first kappa shape index (κ1) is 14.1. The number of amides is 1. The van der Waals surface area contributed by atoms with Crippen LogP contribution in [-0.2, 0) is 0 Å². The van der Waals surface area contributed by atoms with Crippen LogP contribution in [0.3, 0.4) is 0 Å². The highest BCUT2D eigenvalue weighted by atomic mass is 35.5. The lowest BCUT2D eigenvalue weighted by molar-refractivity contribution is 0.100. The molecule has 104 valence electrons. The van der Waals surface area contributed by atoms with E-state index in [4.69, 9.17) is 23.1 Å². The van der Waals surface area contributed by atoms with Gasteiger partial charge in [0.2, 0.25) is 0 Å². The summed E-state index contributed by atoms with van der Waals surface area (Å²) in [6.45, 7) is 0. The van der Waals surface area contributed by atoms with Crippen molar-refractivity contribution in [2.45, 2.75) is 0 Å². The molecule has 1 amide bonds. The molecule has 0 atom stereocenters. The lowest BCUT2D eigenvalue weighted by Crippen LogP contribution is -2.19. The van der Waals surface area contributed by atoms with E-state index in [-0.39, 0.29) is 16.4 Å². The molecule has 4 nitrogen and oxygen atoms in total. The number of halogens is 2. The van der Waals surface area contributed by atoms with E-state index in [9.17, 15) is 9.18 Å². The molecule has 0 saturated heterocycles. The zero-order valence-corrected chi connectivity index (χ0v) is 11.5. The standard InChI is InChI=1S/C14H13ClFN3O/c1-19(10-4-2-3-8(16)5-10)13-11(14(18)20)6-9(17)7-12(13)15/h2-7H,17H2,1H3,(H2,18,20). The van der Waals surface area contributed by atoms with Crippen molar-refractivity contribution in [3.05, 3.63) is 52.8 Å². The summed E-state index contributed by atoms with van der Waals surface area (Å²) in [4.78, 5) is 13.1. The van der Waals surface area contributed by atoms with E-state index in [1.165, 1.54) is 24.3 Å². The zero-order chi connectivity index (χ0) is 14.9. The first-order chi connectivity index (χ1) is 9.40. The van der Waals surface area contributed by atoms with E-state index in [2.05, 4.69) is 0 Å². The molecule has 0 unspecified atom stereocenters. The largest absolute Gasteiger partial charge is 0.399 e. The van der Waals surface area contributed by atoms with Crippen LogP contribution in [0.2, 0.25) is 5.02 Å². The van der Waals surface area contributed by atoms with E-state index >= 15 is 0 Å². The number of rotatable bonds is 3. The average Bonchev–Trinajstić information content (AvgIpc) is 2.37. The SMILES string of the molecule is CN(c1cccc(F)c1)c1c(Cl)cc(N)cc1C(N)=O. The zero-order valence-electron chi connectivity index (χ0n) is 10.7. The van der Waals surface area contributed by atoms with Crippen LogP contribution >= 0.6 is 11.6 Å². The summed E-state index contributed by atoms with van der Waals surface area (Å²) in [7, 11) is 1.67. The normalized spacial score (nSPS) is 10.3. The highest BCUT2D eigenvalue weighted by molar-refractivity contribution is 6.34. The Labute approximate surface area is 120 Å². The van der Waals surface area contributed by atoms with E-state index < -0.39 is 5.91 Å². The molecule has 4 N–H and O–H groups in total. The topological polar surface area (TPSA) is 72.3 Å². The summed E-state index contributed by atoms with van der Waals surface area (Å²) in [5.41, 5.74) is 12.4. The molecular formula is C14H13ClFN3O. The van der Waals surface area contributed by atoms with Gasteiger partial charge in [0.15, 0.2) is 0 Å². The van der Waals surface area contributed by atoms with Gasteiger partial charge in [0.25, 0.3) is 5.91 Å². The Balaban J connectivity index is 2.59. The molecule has 2 aromatic carbocycles. The number of anilines is 3. The molecule has 0 radical (unpaired) electrons. The van der Waals surface area contributed by atoms with E-state index in [1.54, 1.807) is 24.1 Å². The molecule has 0 spiro atoms. The van der Waals surface area contributed by atoms with Crippen LogP contribution in [0, 0.1) is 5.82 Å². The van der Waals surface area contributed by atoms with Crippen LogP contribution in [-0.4, -0.2) is 13.0 Å². The van der Waals surface area contributed by atoms with Gasteiger partial charge < -0.3 is 16.4 Å². The third-order valence-corrected chi connectivity index (χ3v) is 3.17. The lowest BCUT2D eigenvalue weighted by Gasteiger charge is -2.23. The Morgan fingerprint density at radius 2 is 2.00 bits per heavy atom. The van der Waals surface area contributed by atoms with E-state index in [1.807, 2.05) is 0 Å². The van der Waals surface area contributed by atoms with Gasteiger partial charge in [-0.05, 0) is 30.3 Å². The fourth-order valence-corrected chi connectivity index (χ4v) is 2.32. The Morgan fingerprint density at radius 3 is 2.60 bits per heavy atom. The Morgan fingerprint density at radius 1 is 1.30 bits per heavy atom. The van der Waals surface area contributed by atoms with Gasteiger partial charge in [-0.15, -0.1) is 0 Å². The van der Waals surface area contributed by atoms with Crippen LogP contribution < -0.4 is 16.4 Å². The number of hydrogen-bond acceptors (Lipinski definition) is 3. The predicted octanol–water partition coefficient (Wildman–Crippen LogP) is 2.93. The highest BCUT2D eigenvalue weighted by Crippen LogP contribution is 2.35. The Bertz CT molecular complexity index is 675. The van der Waals surface area contributed by atoms with E-state index in [0.29, 0.717) is 17.1 Å². The van der Waals surface area contributed by atoms with Gasteiger partial charge >= 0.3 is 0 Å². The first-order valence-corrected chi connectivity index (χ1v) is 6.16. The van der Waals surface area contributed by atoms with Gasteiger partial charge in [-0.3, -0.25) is 4.79 Å². The summed E-state index contributed by atoms with van der Waals surface area (Å²) in [5, 5.41) is 0.269. The molecule has 0 aromatic heterocycles. The summed E-state index contributed by atoms with van der Waals surface area (Å²) >= 11 is 6.14. The molecule has 0 saturated carbocycles. The van der Waals surface area contributed by atoms with Crippen LogP contribution in [0.25, 0.3) is 0 Å².